The van der Waals surface area contributed by atoms with Crippen molar-refractivity contribution in [2.45, 2.75) is 0 Å². The van der Waals surface area contributed by atoms with Gasteiger partial charge in [0.25, 0.3) is 0 Å². The first kappa shape index (κ1) is 32.6. The van der Waals surface area contributed by atoms with Gasteiger partial charge in [0, 0.05) is 57.0 Å². The van der Waals surface area contributed by atoms with Gasteiger partial charge in [-0.1, -0.05) is 170 Å². The molecular weight excluding hydrogens is 719 g/mol. The Morgan fingerprint density at radius 2 is 0.750 bits per heavy atom. The Balaban J connectivity index is 1.11. The van der Waals surface area contributed by atoms with Crippen molar-refractivity contribution in [3.8, 4) is 67.5 Å². The number of fused-ring (bicyclic) bond motifs is 6. The van der Waals surface area contributed by atoms with E-state index in [1.807, 2.05) is 46.9 Å². The fourth-order valence-electron chi connectivity index (χ4n) is 7.93. The summed E-state index contributed by atoms with van der Waals surface area (Å²) in [7, 11) is 0. The summed E-state index contributed by atoms with van der Waals surface area (Å²) < 4.78 is 5.01. The molecule has 0 aliphatic heterocycles. The van der Waals surface area contributed by atoms with Gasteiger partial charge < -0.3 is 0 Å². The molecular formula is C51H31N3S2. The molecule has 0 aliphatic carbocycles. The fraction of sp³-hybridized carbons (Fsp3) is 0. The van der Waals surface area contributed by atoms with Gasteiger partial charge in [0.15, 0.2) is 17.5 Å². The van der Waals surface area contributed by atoms with E-state index in [9.17, 15) is 0 Å². The zero-order valence-electron chi connectivity index (χ0n) is 30.1. The van der Waals surface area contributed by atoms with E-state index < -0.39 is 0 Å². The highest BCUT2D eigenvalue weighted by molar-refractivity contribution is 7.27. The maximum Gasteiger partial charge on any atom is 0.165 e. The Morgan fingerprint density at radius 1 is 0.268 bits per heavy atom. The zero-order valence-corrected chi connectivity index (χ0v) is 31.7. The van der Waals surface area contributed by atoms with Crippen LogP contribution in [-0.2, 0) is 0 Å². The molecule has 0 fully saturated rings. The van der Waals surface area contributed by atoms with Crippen LogP contribution in [0.5, 0.6) is 0 Å². The van der Waals surface area contributed by atoms with Crippen LogP contribution in [0.2, 0.25) is 0 Å². The van der Waals surface area contributed by atoms with Crippen molar-refractivity contribution in [3.05, 3.63) is 188 Å². The number of thiophene rings is 2. The standard InChI is InChI=1S/C51H31N3S2/c1-4-14-32(15-5-1)33-26-28-36(29-27-33)50-52-49(35-18-8-3-9-19-35)53-51(54-50)42-23-12-22-41-45-38(21-13-25-44(45)56-47(41)42)39-31-30-37(34-16-6-2-7-17-34)48-46(39)40-20-10-11-24-43(40)55-48/h1-31H. The summed E-state index contributed by atoms with van der Waals surface area (Å²) in [4.78, 5) is 15.4. The molecule has 11 rings (SSSR count). The molecule has 0 saturated heterocycles. The molecule has 0 atom stereocenters. The third-order valence-corrected chi connectivity index (χ3v) is 13.0. The number of hydrogen-bond donors (Lipinski definition) is 0. The molecule has 0 radical (unpaired) electrons. The molecule has 11 aromatic rings. The minimum Gasteiger partial charge on any atom is -0.208 e. The van der Waals surface area contributed by atoms with Crippen molar-refractivity contribution in [2.24, 2.45) is 0 Å². The third kappa shape index (κ3) is 5.51. The summed E-state index contributed by atoms with van der Waals surface area (Å²) >= 11 is 3.69. The maximum absolute atomic E-state index is 5.20. The van der Waals surface area contributed by atoms with Gasteiger partial charge in [-0.25, -0.2) is 15.0 Å². The van der Waals surface area contributed by atoms with E-state index in [2.05, 4.69) is 164 Å². The highest BCUT2D eigenvalue weighted by Crippen LogP contribution is 2.49. The van der Waals surface area contributed by atoms with Gasteiger partial charge in [-0.05, 0) is 51.6 Å². The van der Waals surface area contributed by atoms with Gasteiger partial charge in [-0.3, -0.25) is 0 Å². The Bertz CT molecular complexity index is 3220. The topological polar surface area (TPSA) is 38.7 Å². The second-order valence-electron chi connectivity index (χ2n) is 13.9. The zero-order chi connectivity index (χ0) is 37.0. The lowest BCUT2D eigenvalue weighted by molar-refractivity contribution is 1.08. The summed E-state index contributed by atoms with van der Waals surface area (Å²) in [6.45, 7) is 0. The van der Waals surface area contributed by atoms with Gasteiger partial charge in [-0.2, -0.15) is 0 Å². The normalized spacial score (nSPS) is 11.6. The Kier molecular flexibility index (Phi) is 7.87. The predicted octanol–water partition coefficient (Wildman–Crippen LogP) is 14.6. The molecule has 0 spiro atoms. The van der Waals surface area contributed by atoms with Crippen LogP contribution < -0.4 is 0 Å². The second-order valence-corrected chi connectivity index (χ2v) is 16.0. The van der Waals surface area contributed by atoms with Crippen LogP contribution >= 0.6 is 22.7 Å². The summed E-state index contributed by atoms with van der Waals surface area (Å²) in [5, 5.41) is 5.06. The highest BCUT2D eigenvalue weighted by atomic mass is 32.1. The van der Waals surface area contributed by atoms with Gasteiger partial charge in [0.2, 0.25) is 0 Å². The van der Waals surface area contributed by atoms with E-state index >= 15 is 0 Å². The lowest BCUT2D eigenvalue weighted by Gasteiger charge is -2.11. The van der Waals surface area contributed by atoms with E-state index in [0.717, 1.165) is 27.0 Å². The van der Waals surface area contributed by atoms with Crippen molar-refractivity contribution in [2.75, 3.05) is 0 Å². The molecule has 0 N–H and O–H groups in total. The summed E-state index contributed by atoms with van der Waals surface area (Å²) in [6, 6.07) is 66.7. The first-order valence-electron chi connectivity index (χ1n) is 18.7. The first-order valence-corrected chi connectivity index (χ1v) is 20.3. The fourth-order valence-corrected chi connectivity index (χ4v) is 10.4. The quantitative estimate of drug-likeness (QED) is 0.170. The number of nitrogens with zero attached hydrogens (tertiary/aromatic N) is 3. The molecule has 0 unspecified atom stereocenters. The van der Waals surface area contributed by atoms with Crippen LogP contribution in [0.25, 0.3) is 108 Å². The van der Waals surface area contributed by atoms with E-state index in [0.29, 0.717) is 17.5 Å². The predicted molar refractivity (Wildman–Crippen MR) is 238 cm³/mol. The number of hydrogen-bond acceptors (Lipinski definition) is 5. The average Bonchev–Trinajstić information content (AvgIpc) is 3.86. The van der Waals surface area contributed by atoms with Crippen LogP contribution in [0.3, 0.4) is 0 Å². The minimum absolute atomic E-state index is 0.650. The molecule has 0 saturated carbocycles. The molecule has 262 valence electrons. The third-order valence-electron chi connectivity index (χ3n) is 10.6. The van der Waals surface area contributed by atoms with Gasteiger partial charge in [0.05, 0.1) is 0 Å². The molecule has 0 bridgehead atoms. The smallest absolute Gasteiger partial charge is 0.165 e. The van der Waals surface area contributed by atoms with Crippen molar-refractivity contribution in [3.63, 3.8) is 0 Å². The molecule has 8 aromatic carbocycles. The first-order chi connectivity index (χ1) is 27.8. The summed E-state index contributed by atoms with van der Waals surface area (Å²) in [6.07, 6.45) is 0. The van der Waals surface area contributed by atoms with Crippen molar-refractivity contribution in [1.29, 1.82) is 0 Å². The molecule has 5 heteroatoms. The maximum atomic E-state index is 5.20. The van der Waals surface area contributed by atoms with E-state index in [-0.39, 0.29) is 0 Å². The van der Waals surface area contributed by atoms with E-state index in [1.165, 1.54) is 63.5 Å². The lowest BCUT2D eigenvalue weighted by atomic mass is 9.92. The molecule has 3 nitrogen and oxygen atoms in total. The average molecular weight is 750 g/mol. The number of rotatable bonds is 6. The number of aromatic nitrogens is 3. The molecule has 0 amide bonds. The van der Waals surface area contributed by atoms with Crippen LogP contribution in [0.4, 0.5) is 0 Å². The molecule has 0 aliphatic rings. The van der Waals surface area contributed by atoms with Gasteiger partial charge in [0.1, 0.15) is 0 Å². The lowest BCUT2D eigenvalue weighted by Crippen LogP contribution is -2.00. The van der Waals surface area contributed by atoms with Crippen LogP contribution in [0.1, 0.15) is 0 Å². The van der Waals surface area contributed by atoms with Crippen molar-refractivity contribution >= 4 is 63.0 Å². The van der Waals surface area contributed by atoms with Crippen LogP contribution in [0, 0.1) is 0 Å². The summed E-state index contributed by atoms with van der Waals surface area (Å²) in [5.41, 5.74) is 10.2. The number of benzene rings is 8. The Hall–Kier alpha value is -6.79. The van der Waals surface area contributed by atoms with Gasteiger partial charge >= 0.3 is 0 Å². The molecule has 3 aromatic heterocycles. The summed E-state index contributed by atoms with van der Waals surface area (Å²) in [5.74, 6) is 1.97. The Morgan fingerprint density at radius 3 is 1.50 bits per heavy atom. The van der Waals surface area contributed by atoms with Crippen LogP contribution in [-0.4, -0.2) is 15.0 Å². The monoisotopic (exact) mass is 749 g/mol. The van der Waals surface area contributed by atoms with Crippen molar-refractivity contribution < 1.29 is 0 Å². The molecule has 3 heterocycles. The van der Waals surface area contributed by atoms with E-state index in [1.54, 1.807) is 0 Å². The minimum atomic E-state index is 0.650. The highest BCUT2D eigenvalue weighted by Gasteiger charge is 2.21. The van der Waals surface area contributed by atoms with Crippen LogP contribution in [0.15, 0.2) is 188 Å². The second kappa shape index (κ2) is 13.5. The van der Waals surface area contributed by atoms with E-state index in [4.69, 9.17) is 15.0 Å². The molecule has 56 heavy (non-hydrogen) atoms. The SMILES string of the molecule is c1ccc(-c2ccc(-c3nc(-c4ccccc4)nc(-c4cccc5c4sc4cccc(-c6ccc(-c7ccccc7)c7sc8ccccc8c67)c45)n3)cc2)cc1. The van der Waals surface area contributed by atoms with Crippen molar-refractivity contribution in [1.82, 2.24) is 15.0 Å². The van der Waals surface area contributed by atoms with Gasteiger partial charge in [-0.15, -0.1) is 22.7 Å². The Labute approximate surface area is 331 Å². The largest absolute Gasteiger partial charge is 0.208 e.